The van der Waals surface area contributed by atoms with Crippen LogP contribution in [0.25, 0.3) is 22.3 Å². The maximum Gasteiger partial charge on any atom is 0.239 e. The second-order valence-corrected chi connectivity index (χ2v) is 5.73. The van der Waals surface area contributed by atoms with Gasteiger partial charge in [0.1, 0.15) is 16.7 Å². The molecule has 0 aliphatic heterocycles. The van der Waals surface area contributed by atoms with E-state index in [1.807, 2.05) is 0 Å². The number of rotatable bonds is 5. The molecule has 1 aromatic heterocycles. The topological polar surface area (TPSA) is 130 Å². The van der Waals surface area contributed by atoms with Crippen LogP contribution in [0.3, 0.4) is 0 Å². The van der Waals surface area contributed by atoms with Crippen LogP contribution in [0.2, 0.25) is 0 Å². The molecule has 0 aliphatic carbocycles. The smallest absolute Gasteiger partial charge is 0.239 e. The Balaban J connectivity index is 2.38. The fourth-order valence-electron chi connectivity index (χ4n) is 2.93. The van der Waals surface area contributed by atoms with Gasteiger partial charge >= 0.3 is 0 Å². The Morgan fingerprint density at radius 3 is 2.33 bits per heavy atom. The summed E-state index contributed by atoms with van der Waals surface area (Å²) in [5.41, 5.74) is -0.0421. The Bertz CT molecular complexity index is 1070. The minimum absolute atomic E-state index is 0.00450. The van der Waals surface area contributed by atoms with Crippen molar-refractivity contribution in [1.82, 2.24) is 0 Å². The van der Waals surface area contributed by atoms with Crippen molar-refractivity contribution in [3.05, 3.63) is 45.6 Å². The van der Waals surface area contributed by atoms with Crippen LogP contribution < -0.4 is 14.9 Å². The molecule has 2 aromatic carbocycles. The number of aromatic hydroxyl groups is 2. The van der Waals surface area contributed by atoms with Crippen molar-refractivity contribution in [3.63, 3.8) is 0 Å². The normalized spacial score (nSPS) is 11.0. The standard InChI is InChI=1S/C19H18O8/c1-25-13-4-3-9(5-12(13)22)18-19(26-2)17(24)15-14(27-18)6-10(7-20)11(8-21)16(15)23/h3-6,20-23H,7-8H2,1-2H3. The van der Waals surface area contributed by atoms with Crippen LogP contribution in [-0.4, -0.2) is 34.6 Å². The van der Waals surface area contributed by atoms with Crippen LogP contribution in [0.1, 0.15) is 11.1 Å². The molecular formula is C19H18O8. The van der Waals surface area contributed by atoms with Gasteiger partial charge in [-0.25, -0.2) is 0 Å². The average Bonchev–Trinajstić information content (AvgIpc) is 2.67. The van der Waals surface area contributed by atoms with Crippen molar-refractivity contribution in [3.8, 4) is 34.3 Å². The summed E-state index contributed by atoms with van der Waals surface area (Å²) in [6.45, 7) is -1.03. The molecule has 3 aromatic rings. The number of methoxy groups -OCH3 is 2. The Hall–Kier alpha value is -3.23. The third-order valence-electron chi connectivity index (χ3n) is 4.29. The lowest BCUT2D eigenvalue weighted by Crippen LogP contribution is -2.09. The van der Waals surface area contributed by atoms with Gasteiger partial charge in [-0.15, -0.1) is 0 Å². The number of benzene rings is 2. The van der Waals surface area contributed by atoms with E-state index in [0.717, 1.165) is 0 Å². The van der Waals surface area contributed by atoms with Gasteiger partial charge in [-0.1, -0.05) is 0 Å². The van der Waals surface area contributed by atoms with Crippen molar-refractivity contribution >= 4 is 11.0 Å². The molecule has 8 heteroatoms. The van der Waals surface area contributed by atoms with Gasteiger partial charge in [0.05, 0.1) is 27.4 Å². The van der Waals surface area contributed by atoms with Crippen LogP contribution in [0, 0.1) is 0 Å². The summed E-state index contributed by atoms with van der Waals surface area (Å²) in [5.74, 6) is -0.533. The summed E-state index contributed by atoms with van der Waals surface area (Å²) in [7, 11) is 2.68. The highest BCUT2D eigenvalue weighted by atomic mass is 16.5. The summed E-state index contributed by atoms with van der Waals surface area (Å²) in [6, 6.07) is 5.79. The molecule has 0 bridgehead atoms. The lowest BCUT2D eigenvalue weighted by molar-refractivity contribution is 0.255. The van der Waals surface area contributed by atoms with E-state index >= 15 is 0 Å². The molecule has 8 nitrogen and oxygen atoms in total. The van der Waals surface area contributed by atoms with Gasteiger partial charge in [0.15, 0.2) is 17.3 Å². The van der Waals surface area contributed by atoms with E-state index < -0.39 is 24.4 Å². The zero-order valence-electron chi connectivity index (χ0n) is 14.6. The minimum Gasteiger partial charge on any atom is -0.507 e. The van der Waals surface area contributed by atoms with Gasteiger partial charge in [-0.3, -0.25) is 4.79 Å². The number of aliphatic hydroxyl groups is 2. The molecule has 4 N–H and O–H groups in total. The molecule has 0 aliphatic rings. The largest absolute Gasteiger partial charge is 0.507 e. The van der Waals surface area contributed by atoms with Crippen LogP contribution in [-0.2, 0) is 13.2 Å². The second kappa shape index (κ2) is 7.18. The van der Waals surface area contributed by atoms with Gasteiger partial charge < -0.3 is 34.3 Å². The molecule has 0 atom stereocenters. The first kappa shape index (κ1) is 18.6. The van der Waals surface area contributed by atoms with Crippen molar-refractivity contribution in [2.24, 2.45) is 0 Å². The molecule has 0 fully saturated rings. The van der Waals surface area contributed by atoms with Crippen LogP contribution >= 0.6 is 0 Å². The van der Waals surface area contributed by atoms with Crippen molar-refractivity contribution < 1.29 is 34.3 Å². The summed E-state index contributed by atoms with van der Waals surface area (Å²) in [6.07, 6.45) is 0. The number of phenolic OH excluding ortho intramolecular Hbond substituents is 1. The van der Waals surface area contributed by atoms with E-state index in [4.69, 9.17) is 13.9 Å². The van der Waals surface area contributed by atoms with Crippen LogP contribution in [0.4, 0.5) is 0 Å². The summed E-state index contributed by atoms with van der Waals surface area (Å²) in [5, 5.41) is 39.1. The fraction of sp³-hybridized carbons (Fsp3) is 0.211. The van der Waals surface area contributed by atoms with Gasteiger partial charge in [0.2, 0.25) is 11.2 Å². The van der Waals surface area contributed by atoms with Crippen molar-refractivity contribution in [1.29, 1.82) is 0 Å². The Morgan fingerprint density at radius 1 is 1.04 bits per heavy atom. The van der Waals surface area contributed by atoms with E-state index in [2.05, 4.69) is 0 Å². The summed E-state index contributed by atoms with van der Waals surface area (Å²) < 4.78 is 16.0. The molecule has 27 heavy (non-hydrogen) atoms. The quantitative estimate of drug-likeness (QED) is 0.533. The molecule has 3 rings (SSSR count). The zero-order valence-corrected chi connectivity index (χ0v) is 14.6. The van der Waals surface area contributed by atoms with E-state index in [1.54, 1.807) is 6.07 Å². The highest BCUT2D eigenvalue weighted by Crippen LogP contribution is 2.38. The first-order valence-corrected chi connectivity index (χ1v) is 7.94. The first-order chi connectivity index (χ1) is 13.0. The molecule has 0 unspecified atom stereocenters. The van der Waals surface area contributed by atoms with Crippen LogP contribution in [0.15, 0.2) is 33.5 Å². The van der Waals surface area contributed by atoms with E-state index in [1.165, 1.54) is 32.4 Å². The second-order valence-electron chi connectivity index (χ2n) is 5.73. The van der Waals surface area contributed by atoms with Crippen LogP contribution in [0.5, 0.6) is 23.0 Å². The highest BCUT2D eigenvalue weighted by Gasteiger charge is 2.23. The number of hydrogen-bond acceptors (Lipinski definition) is 8. The maximum absolute atomic E-state index is 12.9. The Morgan fingerprint density at radius 2 is 1.78 bits per heavy atom. The molecule has 0 amide bonds. The number of ether oxygens (including phenoxy) is 2. The molecule has 1 heterocycles. The fourth-order valence-corrected chi connectivity index (χ4v) is 2.93. The van der Waals surface area contributed by atoms with Gasteiger partial charge in [-0.2, -0.15) is 0 Å². The number of aliphatic hydroxyl groups excluding tert-OH is 2. The third kappa shape index (κ3) is 2.94. The minimum atomic E-state index is -0.652. The van der Waals surface area contributed by atoms with Gasteiger partial charge in [-0.05, 0) is 29.8 Å². The molecule has 0 spiro atoms. The van der Waals surface area contributed by atoms with Crippen molar-refractivity contribution in [2.75, 3.05) is 14.2 Å². The predicted octanol–water partition coefficient (Wildman–Crippen LogP) is 1.87. The van der Waals surface area contributed by atoms with Crippen molar-refractivity contribution in [2.45, 2.75) is 13.2 Å². The zero-order chi connectivity index (χ0) is 19.7. The average molecular weight is 374 g/mol. The monoisotopic (exact) mass is 374 g/mol. The Kier molecular flexibility index (Phi) is 4.93. The first-order valence-electron chi connectivity index (χ1n) is 7.94. The molecule has 0 radical (unpaired) electrons. The van der Waals surface area contributed by atoms with E-state index in [-0.39, 0.29) is 45.1 Å². The molecule has 0 saturated carbocycles. The molecule has 0 saturated heterocycles. The van der Waals surface area contributed by atoms with E-state index in [9.17, 15) is 25.2 Å². The Labute approximate surface area is 153 Å². The summed E-state index contributed by atoms with van der Waals surface area (Å²) in [4.78, 5) is 12.9. The SMILES string of the molecule is COc1ccc(-c2oc3cc(CO)c(CO)c(O)c3c(=O)c2OC)cc1O. The predicted molar refractivity (Wildman–Crippen MR) is 96.2 cm³/mol. The van der Waals surface area contributed by atoms with Gasteiger partial charge in [0.25, 0.3) is 0 Å². The molecule has 142 valence electrons. The number of fused-ring (bicyclic) bond motifs is 1. The number of phenols is 2. The maximum atomic E-state index is 12.9. The lowest BCUT2D eigenvalue weighted by Gasteiger charge is -2.14. The van der Waals surface area contributed by atoms with E-state index in [0.29, 0.717) is 5.56 Å². The lowest BCUT2D eigenvalue weighted by atomic mass is 10.0. The number of hydrogen-bond donors (Lipinski definition) is 4. The molecular weight excluding hydrogens is 356 g/mol. The summed E-state index contributed by atoms with van der Waals surface area (Å²) >= 11 is 0. The highest BCUT2D eigenvalue weighted by molar-refractivity contribution is 5.89. The van der Waals surface area contributed by atoms with Gasteiger partial charge in [0, 0.05) is 11.1 Å². The third-order valence-corrected chi connectivity index (χ3v) is 4.29.